The molecule has 0 spiro atoms. The second-order valence-corrected chi connectivity index (χ2v) is 9.04. The van der Waals surface area contributed by atoms with Crippen LogP contribution in [0.15, 0.2) is 24.3 Å². The SMILES string of the molecule is CCS(=O)(=O)N1CCc2nc(NC(=O)c3cccc(C)c3)sc2C1. The van der Waals surface area contributed by atoms with Crippen molar-refractivity contribution in [3.8, 4) is 0 Å². The molecule has 1 aliphatic heterocycles. The van der Waals surface area contributed by atoms with Crippen LogP contribution in [0.1, 0.15) is 33.4 Å². The fraction of sp³-hybridized carbons (Fsp3) is 0.375. The molecule has 1 aliphatic rings. The summed E-state index contributed by atoms with van der Waals surface area (Å²) in [7, 11) is -3.20. The normalized spacial score (nSPS) is 15.1. The van der Waals surface area contributed by atoms with E-state index in [1.54, 1.807) is 13.0 Å². The standard InChI is InChI=1S/C16H19N3O3S2/c1-3-24(21,22)19-8-7-13-14(10-19)23-16(17-13)18-15(20)12-6-4-5-11(2)9-12/h4-6,9H,3,7-8,10H2,1-2H3,(H,17,18,20). The summed E-state index contributed by atoms with van der Waals surface area (Å²) in [6.07, 6.45) is 0.575. The first-order chi connectivity index (χ1) is 11.4. The van der Waals surface area contributed by atoms with Crippen LogP contribution in [0, 0.1) is 6.92 Å². The third-order valence-corrected chi connectivity index (χ3v) is 6.78. The molecule has 2 aromatic rings. The molecule has 0 radical (unpaired) electrons. The van der Waals surface area contributed by atoms with E-state index in [-0.39, 0.29) is 11.7 Å². The minimum atomic E-state index is -3.20. The molecule has 24 heavy (non-hydrogen) atoms. The van der Waals surface area contributed by atoms with Gasteiger partial charge in [0.2, 0.25) is 10.0 Å². The minimum absolute atomic E-state index is 0.0953. The van der Waals surface area contributed by atoms with E-state index in [4.69, 9.17) is 0 Å². The van der Waals surface area contributed by atoms with Gasteiger partial charge < -0.3 is 0 Å². The third-order valence-electron chi connectivity index (χ3n) is 3.96. The van der Waals surface area contributed by atoms with E-state index in [1.807, 2.05) is 25.1 Å². The van der Waals surface area contributed by atoms with Crippen molar-refractivity contribution >= 4 is 32.4 Å². The molecule has 2 heterocycles. The lowest BCUT2D eigenvalue weighted by Gasteiger charge is -2.24. The number of hydrogen-bond acceptors (Lipinski definition) is 5. The zero-order valence-corrected chi connectivity index (χ0v) is 15.2. The van der Waals surface area contributed by atoms with Gasteiger partial charge in [0, 0.05) is 30.0 Å². The van der Waals surface area contributed by atoms with Crippen molar-refractivity contribution in [1.82, 2.24) is 9.29 Å². The number of thiazole rings is 1. The highest BCUT2D eigenvalue weighted by molar-refractivity contribution is 7.89. The maximum Gasteiger partial charge on any atom is 0.257 e. The first kappa shape index (κ1) is 17.1. The maximum atomic E-state index is 12.3. The molecule has 0 aliphatic carbocycles. The number of benzene rings is 1. The van der Waals surface area contributed by atoms with Crippen molar-refractivity contribution in [2.45, 2.75) is 26.8 Å². The topological polar surface area (TPSA) is 79.4 Å². The molecule has 1 aromatic carbocycles. The second kappa shape index (κ2) is 6.62. The molecular weight excluding hydrogens is 346 g/mol. The van der Waals surface area contributed by atoms with Gasteiger partial charge >= 0.3 is 0 Å². The van der Waals surface area contributed by atoms with Crippen molar-refractivity contribution in [3.63, 3.8) is 0 Å². The molecule has 1 N–H and O–H groups in total. The molecular formula is C16H19N3O3S2. The van der Waals surface area contributed by atoms with Crippen LogP contribution in [0.5, 0.6) is 0 Å². The zero-order chi connectivity index (χ0) is 17.3. The minimum Gasteiger partial charge on any atom is -0.298 e. The number of aryl methyl sites for hydroxylation is 1. The summed E-state index contributed by atoms with van der Waals surface area (Å²) < 4.78 is 25.5. The number of rotatable bonds is 4. The lowest BCUT2D eigenvalue weighted by atomic mass is 10.1. The number of aromatic nitrogens is 1. The van der Waals surface area contributed by atoms with E-state index in [1.165, 1.54) is 15.6 Å². The Balaban J connectivity index is 1.75. The largest absolute Gasteiger partial charge is 0.298 e. The van der Waals surface area contributed by atoms with Crippen LogP contribution in [0.2, 0.25) is 0 Å². The first-order valence-electron chi connectivity index (χ1n) is 7.73. The van der Waals surface area contributed by atoms with Gasteiger partial charge in [-0.25, -0.2) is 13.4 Å². The average molecular weight is 365 g/mol. The summed E-state index contributed by atoms with van der Waals surface area (Å²) in [4.78, 5) is 17.6. The number of nitrogens with one attached hydrogen (secondary N) is 1. The van der Waals surface area contributed by atoms with E-state index in [9.17, 15) is 13.2 Å². The lowest BCUT2D eigenvalue weighted by Crippen LogP contribution is -2.36. The molecule has 0 fully saturated rings. The van der Waals surface area contributed by atoms with Gasteiger partial charge in [-0.05, 0) is 26.0 Å². The van der Waals surface area contributed by atoms with Crippen molar-refractivity contribution in [2.75, 3.05) is 17.6 Å². The fourth-order valence-corrected chi connectivity index (χ4v) is 4.76. The van der Waals surface area contributed by atoms with Crippen molar-refractivity contribution in [3.05, 3.63) is 46.0 Å². The van der Waals surface area contributed by atoms with Gasteiger partial charge in [-0.2, -0.15) is 4.31 Å². The Morgan fingerprint density at radius 1 is 1.42 bits per heavy atom. The van der Waals surface area contributed by atoms with Crippen LogP contribution >= 0.6 is 11.3 Å². The average Bonchev–Trinajstić information content (AvgIpc) is 2.96. The van der Waals surface area contributed by atoms with Gasteiger partial charge in [0.05, 0.1) is 11.4 Å². The molecule has 0 bridgehead atoms. The molecule has 3 rings (SSSR count). The number of carbonyl (C=O) groups excluding carboxylic acids is 1. The number of sulfonamides is 1. The molecule has 0 saturated heterocycles. The Morgan fingerprint density at radius 3 is 2.92 bits per heavy atom. The Labute approximate surface area is 145 Å². The van der Waals surface area contributed by atoms with Crippen LogP contribution in [-0.4, -0.2) is 35.9 Å². The Kier molecular flexibility index (Phi) is 4.71. The molecule has 0 atom stereocenters. The van der Waals surface area contributed by atoms with Gasteiger partial charge in [0.25, 0.3) is 5.91 Å². The first-order valence-corrected chi connectivity index (χ1v) is 10.2. The highest BCUT2D eigenvalue weighted by Crippen LogP contribution is 2.29. The highest BCUT2D eigenvalue weighted by Gasteiger charge is 2.28. The molecule has 8 heteroatoms. The molecule has 6 nitrogen and oxygen atoms in total. The van der Waals surface area contributed by atoms with E-state index in [0.29, 0.717) is 30.2 Å². The van der Waals surface area contributed by atoms with Gasteiger partial charge in [-0.15, -0.1) is 11.3 Å². The fourth-order valence-electron chi connectivity index (χ4n) is 2.60. The number of fused-ring (bicyclic) bond motifs is 1. The number of amides is 1. The number of carbonyl (C=O) groups is 1. The predicted molar refractivity (Wildman–Crippen MR) is 94.8 cm³/mol. The van der Waals surface area contributed by atoms with Crippen LogP contribution in [-0.2, 0) is 23.0 Å². The molecule has 0 unspecified atom stereocenters. The Bertz CT molecular complexity index is 874. The summed E-state index contributed by atoms with van der Waals surface area (Å²) in [6.45, 7) is 4.36. The van der Waals surface area contributed by atoms with Crippen LogP contribution in [0.3, 0.4) is 0 Å². The van der Waals surface area contributed by atoms with E-state index in [0.717, 1.165) is 16.1 Å². The monoisotopic (exact) mass is 365 g/mol. The molecule has 1 aromatic heterocycles. The maximum absolute atomic E-state index is 12.3. The van der Waals surface area contributed by atoms with E-state index >= 15 is 0 Å². The zero-order valence-electron chi connectivity index (χ0n) is 13.6. The third kappa shape index (κ3) is 3.50. The van der Waals surface area contributed by atoms with Crippen LogP contribution in [0.25, 0.3) is 0 Å². The van der Waals surface area contributed by atoms with Crippen LogP contribution < -0.4 is 5.32 Å². The summed E-state index contributed by atoms with van der Waals surface area (Å²) >= 11 is 1.34. The highest BCUT2D eigenvalue weighted by atomic mass is 32.2. The summed E-state index contributed by atoms with van der Waals surface area (Å²) in [6, 6.07) is 7.34. The Hall–Kier alpha value is -1.77. The van der Waals surface area contributed by atoms with Crippen molar-refractivity contribution in [2.24, 2.45) is 0 Å². The number of hydrogen-bond donors (Lipinski definition) is 1. The Morgan fingerprint density at radius 2 is 2.21 bits per heavy atom. The second-order valence-electron chi connectivity index (χ2n) is 5.70. The van der Waals surface area contributed by atoms with E-state index < -0.39 is 10.0 Å². The van der Waals surface area contributed by atoms with Crippen LogP contribution in [0.4, 0.5) is 5.13 Å². The summed E-state index contributed by atoms with van der Waals surface area (Å²) in [5.41, 5.74) is 2.47. The number of nitrogens with zero attached hydrogens (tertiary/aromatic N) is 2. The van der Waals surface area contributed by atoms with Gasteiger partial charge in [-0.3, -0.25) is 10.1 Å². The number of anilines is 1. The quantitative estimate of drug-likeness (QED) is 0.902. The lowest BCUT2D eigenvalue weighted by molar-refractivity contribution is 0.102. The molecule has 1 amide bonds. The van der Waals surface area contributed by atoms with E-state index in [2.05, 4.69) is 10.3 Å². The van der Waals surface area contributed by atoms with Crippen molar-refractivity contribution in [1.29, 1.82) is 0 Å². The van der Waals surface area contributed by atoms with Gasteiger partial charge in [0.15, 0.2) is 5.13 Å². The predicted octanol–water partition coefficient (Wildman–Crippen LogP) is 2.41. The summed E-state index contributed by atoms with van der Waals surface area (Å²) in [5, 5.41) is 3.33. The van der Waals surface area contributed by atoms with Gasteiger partial charge in [-0.1, -0.05) is 17.7 Å². The molecule has 128 valence electrons. The molecule has 0 saturated carbocycles. The summed E-state index contributed by atoms with van der Waals surface area (Å²) in [5.74, 6) is -0.110. The smallest absolute Gasteiger partial charge is 0.257 e. The van der Waals surface area contributed by atoms with Crippen molar-refractivity contribution < 1.29 is 13.2 Å². The van der Waals surface area contributed by atoms with Gasteiger partial charge in [0.1, 0.15) is 0 Å².